The normalized spacial score (nSPS) is 11.6. The smallest absolute Gasteiger partial charge is 0.323 e. The van der Waals surface area contributed by atoms with Crippen LogP contribution in [0.1, 0.15) is 11.3 Å². The Hall–Kier alpha value is -5.56. The largest absolute Gasteiger partial charge is 0.424 e. The number of anilines is 2. The molecule has 1 amide bonds. The van der Waals surface area contributed by atoms with Crippen LogP contribution in [0.4, 0.5) is 11.5 Å². The molecule has 6 rings (SSSR count). The van der Waals surface area contributed by atoms with Crippen LogP contribution in [-0.2, 0) is 18.4 Å². The maximum atomic E-state index is 11.7. The molecule has 1 aliphatic rings. The fourth-order valence-corrected chi connectivity index (χ4v) is 4.65. The van der Waals surface area contributed by atoms with E-state index in [1.54, 1.807) is 6.33 Å². The molecule has 0 aliphatic carbocycles. The van der Waals surface area contributed by atoms with Crippen molar-refractivity contribution >= 4 is 28.4 Å². The lowest BCUT2D eigenvalue weighted by molar-refractivity contribution is -0.111. The summed E-state index contributed by atoms with van der Waals surface area (Å²) in [6, 6.07) is 17.0. The van der Waals surface area contributed by atoms with Crippen molar-refractivity contribution < 1.29 is 9.53 Å². The molecule has 2 aromatic carbocycles. The van der Waals surface area contributed by atoms with Crippen molar-refractivity contribution in [1.82, 2.24) is 24.5 Å². The summed E-state index contributed by atoms with van der Waals surface area (Å²) in [4.78, 5) is 29.0. The van der Waals surface area contributed by atoms with Crippen molar-refractivity contribution in [3.8, 4) is 40.2 Å². The lowest BCUT2D eigenvalue weighted by Gasteiger charge is -2.13. The van der Waals surface area contributed by atoms with Gasteiger partial charge in [-0.25, -0.2) is 15.0 Å². The van der Waals surface area contributed by atoms with Gasteiger partial charge in [-0.3, -0.25) is 4.79 Å². The van der Waals surface area contributed by atoms with Crippen LogP contribution in [0.2, 0.25) is 0 Å². The SMILES string of the molecule is C=CC(=O)Nc1ccc(-c2c3c4c(ncnc4n2C)NCc2cc(Oc4nccc(C#N)n4)ccc2-3)cc1. The molecule has 0 radical (unpaired) electrons. The molecule has 0 saturated heterocycles. The Kier molecular flexibility index (Phi) is 5.51. The van der Waals surface area contributed by atoms with Crippen LogP contribution in [-0.4, -0.2) is 30.4 Å². The Morgan fingerprint density at radius 3 is 2.82 bits per heavy atom. The summed E-state index contributed by atoms with van der Waals surface area (Å²) < 4.78 is 7.93. The highest BCUT2D eigenvalue weighted by atomic mass is 16.5. The maximum Gasteiger partial charge on any atom is 0.323 e. The molecule has 10 nitrogen and oxygen atoms in total. The predicted octanol–water partition coefficient (Wildman–Crippen LogP) is 4.81. The fraction of sp³-hybridized carbons (Fsp3) is 0.0714. The number of nitrogens with zero attached hydrogens (tertiary/aromatic N) is 6. The van der Waals surface area contributed by atoms with E-state index in [1.165, 1.54) is 18.3 Å². The summed E-state index contributed by atoms with van der Waals surface area (Å²) in [5.41, 5.74) is 6.61. The minimum Gasteiger partial charge on any atom is -0.424 e. The second-order valence-corrected chi connectivity index (χ2v) is 8.59. The van der Waals surface area contributed by atoms with Crippen LogP contribution in [0, 0.1) is 11.3 Å². The topological polar surface area (TPSA) is 131 Å². The molecule has 1 aliphatic heterocycles. The minimum absolute atomic E-state index is 0.103. The Balaban J connectivity index is 1.47. The van der Waals surface area contributed by atoms with Gasteiger partial charge in [0.2, 0.25) is 5.91 Å². The summed E-state index contributed by atoms with van der Waals surface area (Å²) in [5, 5.41) is 16.3. The molecule has 0 saturated carbocycles. The van der Waals surface area contributed by atoms with Crippen molar-refractivity contribution in [3.05, 3.63) is 85.0 Å². The number of aromatic nitrogens is 5. The van der Waals surface area contributed by atoms with Gasteiger partial charge in [-0.05, 0) is 53.1 Å². The number of rotatable bonds is 5. The first kappa shape index (κ1) is 22.9. The van der Waals surface area contributed by atoms with Crippen LogP contribution in [0.3, 0.4) is 0 Å². The van der Waals surface area contributed by atoms with Gasteiger partial charge < -0.3 is 19.9 Å². The lowest BCUT2D eigenvalue weighted by atomic mass is 9.95. The average Bonchev–Trinajstić information content (AvgIpc) is 3.14. The van der Waals surface area contributed by atoms with E-state index in [9.17, 15) is 4.79 Å². The molecule has 3 aromatic heterocycles. The molecule has 0 atom stereocenters. The Morgan fingerprint density at radius 1 is 1.18 bits per heavy atom. The number of hydrogen-bond acceptors (Lipinski definition) is 8. The molecule has 38 heavy (non-hydrogen) atoms. The van der Waals surface area contributed by atoms with Gasteiger partial charge in [-0.15, -0.1) is 0 Å². The number of amides is 1. The zero-order valence-corrected chi connectivity index (χ0v) is 20.3. The summed E-state index contributed by atoms with van der Waals surface area (Å²) in [6.45, 7) is 4.02. The highest BCUT2D eigenvalue weighted by molar-refractivity contribution is 6.09. The molecule has 10 heteroatoms. The molecule has 184 valence electrons. The number of carbonyl (C=O) groups is 1. The standard InChI is InChI=1S/C28H20N8O2/c1-3-22(37)34-18-6-4-16(5-7-18)25-23-21-9-8-20(38-28-30-11-10-19(13-29)35-28)12-17(21)14-31-26-24(23)27(36(25)2)33-15-32-26/h3-12,15H,1,14H2,2H3,(H,34,37)(H,31,32,33). The zero-order valence-electron chi connectivity index (χ0n) is 20.3. The third-order valence-electron chi connectivity index (χ3n) is 6.33. The highest BCUT2D eigenvalue weighted by Crippen LogP contribution is 2.46. The van der Waals surface area contributed by atoms with Crippen LogP contribution in [0.25, 0.3) is 33.4 Å². The quantitative estimate of drug-likeness (QED) is 0.329. The van der Waals surface area contributed by atoms with E-state index in [2.05, 4.69) is 41.7 Å². The van der Waals surface area contributed by atoms with Crippen molar-refractivity contribution in [3.63, 3.8) is 0 Å². The number of nitriles is 1. The summed E-state index contributed by atoms with van der Waals surface area (Å²) in [5.74, 6) is 1.02. The first-order valence-electron chi connectivity index (χ1n) is 11.7. The molecular weight excluding hydrogens is 480 g/mol. The van der Waals surface area contributed by atoms with Crippen molar-refractivity contribution in [2.24, 2.45) is 7.05 Å². The van der Waals surface area contributed by atoms with E-state index in [0.717, 1.165) is 44.8 Å². The molecule has 2 N–H and O–H groups in total. The van der Waals surface area contributed by atoms with Crippen molar-refractivity contribution in [1.29, 1.82) is 5.26 Å². The first-order valence-corrected chi connectivity index (χ1v) is 11.7. The van der Waals surface area contributed by atoms with Gasteiger partial charge in [0.15, 0.2) is 0 Å². The van der Waals surface area contributed by atoms with E-state index in [0.29, 0.717) is 18.0 Å². The third-order valence-corrected chi connectivity index (χ3v) is 6.33. The lowest BCUT2D eigenvalue weighted by Crippen LogP contribution is -2.07. The van der Waals surface area contributed by atoms with Crippen molar-refractivity contribution in [2.75, 3.05) is 10.6 Å². The Labute approximate surface area is 217 Å². The summed E-state index contributed by atoms with van der Waals surface area (Å²) >= 11 is 0. The van der Waals surface area contributed by atoms with Gasteiger partial charge in [0.25, 0.3) is 0 Å². The third kappa shape index (κ3) is 3.88. The fourth-order valence-electron chi connectivity index (χ4n) is 4.65. The number of aryl methyl sites for hydroxylation is 1. The van der Waals surface area contributed by atoms with Crippen molar-refractivity contribution in [2.45, 2.75) is 6.54 Å². The van der Waals surface area contributed by atoms with Gasteiger partial charge in [0.05, 0.1) is 11.1 Å². The van der Waals surface area contributed by atoms with E-state index < -0.39 is 0 Å². The van der Waals surface area contributed by atoms with Gasteiger partial charge in [0.1, 0.15) is 35.3 Å². The second kappa shape index (κ2) is 9.15. The number of nitrogens with one attached hydrogen (secondary N) is 2. The van der Waals surface area contributed by atoms with Crippen LogP contribution in [0.15, 0.2) is 73.7 Å². The predicted molar refractivity (Wildman–Crippen MR) is 142 cm³/mol. The minimum atomic E-state index is -0.267. The molecule has 0 spiro atoms. The van der Waals surface area contributed by atoms with Gasteiger partial charge in [0, 0.05) is 31.0 Å². The van der Waals surface area contributed by atoms with Crippen LogP contribution in [0.5, 0.6) is 11.8 Å². The molecule has 0 unspecified atom stereocenters. The van der Waals surface area contributed by atoms with Gasteiger partial charge in [-0.2, -0.15) is 10.2 Å². The number of carbonyl (C=O) groups excluding carboxylic acids is 1. The Bertz CT molecular complexity index is 1780. The zero-order chi connectivity index (χ0) is 26.2. The second-order valence-electron chi connectivity index (χ2n) is 8.59. The molecule has 4 heterocycles. The van der Waals surface area contributed by atoms with E-state index in [-0.39, 0.29) is 17.6 Å². The molecular formula is C28H20N8O2. The molecule has 0 fully saturated rings. The number of hydrogen-bond donors (Lipinski definition) is 2. The van der Waals surface area contributed by atoms with E-state index in [4.69, 9.17) is 10.00 Å². The number of benzene rings is 2. The van der Waals surface area contributed by atoms with E-state index >= 15 is 0 Å². The summed E-state index contributed by atoms with van der Waals surface area (Å²) in [6.07, 6.45) is 4.28. The van der Waals surface area contributed by atoms with E-state index in [1.807, 2.05) is 55.6 Å². The average molecular weight is 501 g/mol. The number of fused-ring (bicyclic) bond motifs is 2. The van der Waals surface area contributed by atoms with Crippen LogP contribution < -0.4 is 15.4 Å². The Morgan fingerprint density at radius 2 is 2.03 bits per heavy atom. The van der Waals surface area contributed by atoms with Crippen LogP contribution >= 0.6 is 0 Å². The molecule has 5 aromatic rings. The summed E-state index contributed by atoms with van der Waals surface area (Å²) in [7, 11) is 1.98. The monoisotopic (exact) mass is 500 g/mol. The first-order chi connectivity index (χ1) is 18.6. The molecule has 0 bridgehead atoms. The maximum absolute atomic E-state index is 11.7. The number of ether oxygens (including phenoxy) is 1. The van der Waals surface area contributed by atoms with Gasteiger partial charge in [-0.1, -0.05) is 24.8 Å². The highest BCUT2D eigenvalue weighted by Gasteiger charge is 2.26. The van der Waals surface area contributed by atoms with Gasteiger partial charge >= 0.3 is 6.01 Å².